The van der Waals surface area contributed by atoms with E-state index in [1.54, 1.807) is 13.8 Å². The number of carbonyl (C=O) groups excluding carboxylic acids is 2. The quantitative estimate of drug-likeness (QED) is 0.206. The van der Waals surface area contributed by atoms with Gasteiger partial charge >= 0.3 is 5.97 Å². The van der Waals surface area contributed by atoms with Crippen LogP contribution in [0.5, 0.6) is 0 Å². The fourth-order valence-electron chi connectivity index (χ4n) is 0.812. The summed E-state index contributed by atoms with van der Waals surface area (Å²) in [5.74, 6) is -1.14. The van der Waals surface area contributed by atoms with Crippen molar-refractivity contribution < 1.29 is 23.8 Å². The van der Waals surface area contributed by atoms with Crippen molar-refractivity contribution in [3.63, 3.8) is 0 Å². The first-order valence-electron chi connectivity index (χ1n) is 4.68. The predicted molar refractivity (Wildman–Crippen MR) is 53.2 cm³/mol. The lowest BCUT2D eigenvalue weighted by molar-refractivity contribution is -0.140. The average molecular weight is 216 g/mol. The highest BCUT2D eigenvalue weighted by molar-refractivity contribution is 6.17. The lowest BCUT2D eigenvalue weighted by atomic mass is 10.2. The van der Waals surface area contributed by atoms with Crippen LogP contribution in [0.4, 0.5) is 0 Å². The van der Waals surface area contributed by atoms with Crippen LogP contribution >= 0.6 is 0 Å². The van der Waals surface area contributed by atoms with Crippen LogP contribution in [0.1, 0.15) is 13.8 Å². The van der Waals surface area contributed by atoms with Gasteiger partial charge in [-0.3, -0.25) is 4.79 Å². The van der Waals surface area contributed by atoms with Crippen LogP contribution in [0, 0.1) is 0 Å². The molecule has 0 rings (SSSR count). The highest BCUT2D eigenvalue weighted by atomic mass is 16.5. The van der Waals surface area contributed by atoms with Gasteiger partial charge in [-0.1, -0.05) is 0 Å². The van der Waals surface area contributed by atoms with Crippen LogP contribution < -0.4 is 0 Å². The van der Waals surface area contributed by atoms with E-state index >= 15 is 0 Å². The maximum absolute atomic E-state index is 11.4. The summed E-state index contributed by atoms with van der Waals surface area (Å²) < 4.78 is 14.2. The molecule has 0 aliphatic rings. The molecule has 0 spiro atoms. The lowest BCUT2D eigenvalue weighted by Gasteiger charge is -2.05. The molecule has 0 N–H and O–H groups in total. The molecule has 86 valence electrons. The Hall–Kier alpha value is -1.36. The first-order valence-corrected chi connectivity index (χ1v) is 4.68. The summed E-state index contributed by atoms with van der Waals surface area (Å²) in [4.78, 5) is 22.7. The summed E-state index contributed by atoms with van der Waals surface area (Å²) in [6.45, 7) is 3.83. The predicted octanol–water partition coefficient (Wildman–Crippen LogP) is 0.685. The molecule has 0 aromatic heterocycles. The maximum Gasteiger partial charge on any atom is 0.345 e. The van der Waals surface area contributed by atoms with E-state index in [0.717, 1.165) is 6.26 Å². The van der Waals surface area contributed by atoms with E-state index < -0.39 is 11.8 Å². The molecule has 0 bridgehead atoms. The fourth-order valence-corrected chi connectivity index (χ4v) is 0.812. The molecule has 15 heavy (non-hydrogen) atoms. The van der Waals surface area contributed by atoms with Crippen LogP contribution in [-0.4, -0.2) is 38.7 Å². The van der Waals surface area contributed by atoms with Crippen LogP contribution in [0.25, 0.3) is 0 Å². The fraction of sp³-hybridized carbons (Fsp3) is 0.600. The van der Waals surface area contributed by atoms with Gasteiger partial charge in [0.25, 0.3) is 0 Å². The minimum Gasteiger partial charge on any atom is -0.500 e. The van der Waals surface area contributed by atoms with E-state index in [9.17, 15) is 9.59 Å². The third-order valence-corrected chi connectivity index (χ3v) is 1.44. The zero-order chi connectivity index (χ0) is 11.7. The number of ketones is 1. The van der Waals surface area contributed by atoms with Gasteiger partial charge in [0.15, 0.2) is 5.78 Å². The van der Waals surface area contributed by atoms with Crippen molar-refractivity contribution in [1.82, 2.24) is 0 Å². The van der Waals surface area contributed by atoms with E-state index in [0.29, 0.717) is 6.61 Å². The van der Waals surface area contributed by atoms with Gasteiger partial charge in [0.1, 0.15) is 18.4 Å². The molecule has 0 heterocycles. The topological polar surface area (TPSA) is 61.8 Å². The largest absolute Gasteiger partial charge is 0.500 e. The number of carbonyl (C=O) groups is 2. The van der Waals surface area contributed by atoms with Gasteiger partial charge in [0.05, 0.1) is 13.2 Å². The van der Waals surface area contributed by atoms with E-state index in [1.807, 2.05) is 0 Å². The van der Waals surface area contributed by atoms with Crippen molar-refractivity contribution >= 4 is 11.8 Å². The summed E-state index contributed by atoms with van der Waals surface area (Å²) in [5, 5.41) is 0. The molecule has 0 fully saturated rings. The molecule has 0 atom stereocenters. The summed E-state index contributed by atoms with van der Waals surface area (Å²) in [7, 11) is 1.38. The first-order chi connectivity index (χ1) is 7.17. The van der Waals surface area contributed by atoms with Gasteiger partial charge in [0.2, 0.25) is 0 Å². The molecule has 0 radical (unpaired) electrons. The van der Waals surface area contributed by atoms with Gasteiger partial charge in [-0.25, -0.2) is 4.79 Å². The SMILES string of the molecule is CCO/C=C(\C(=O)COC)C(=O)OCC. The third-order valence-electron chi connectivity index (χ3n) is 1.44. The lowest BCUT2D eigenvalue weighted by Crippen LogP contribution is -2.20. The molecule has 5 nitrogen and oxygen atoms in total. The number of ether oxygens (including phenoxy) is 3. The Kier molecular flexibility index (Phi) is 7.27. The van der Waals surface area contributed by atoms with Crippen molar-refractivity contribution in [3.8, 4) is 0 Å². The number of rotatable bonds is 7. The Morgan fingerprint density at radius 1 is 1.20 bits per heavy atom. The van der Waals surface area contributed by atoms with Crippen LogP contribution in [0.2, 0.25) is 0 Å². The minimum absolute atomic E-state index is 0.124. The molecule has 0 unspecified atom stereocenters. The van der Waals surface area contributed by atoms with Crippen LogP contribution in [0.15, 0.2) is 11.8 Å². The molecule has 0 aromatic rings. The van der Waals surface area contributed by atoms with Gasteiger partial charge in [-0.15, -0.1) is 0 Å². The summed E-state index contributed by atoms with van der Waals surface area (Å²) in [5.41, 5.74) is -0.124. The summed E-state index contributed by atoms with van der Waals surface area (Å²) in [6.07, 6.45) is 1.11. The molecule has 0 aliphatic carbocycles. The molecule has 0 amide bonds. The Balaban J connectivity index is 4.57. The highest BCUT2D eigenvalue weighted by Gasteiger charge is 2.19. The van der Waals surface area contributed by atoms with Crippen molar-refractivity contribution in [1.29, 1.82) is 0 Å². The number of hydrogen-bond donors (Lipinski definition) is 0. The Morgan fingerprint density at radius 3 is 2.33 bits per heavy atom. The normalized spacial score (nSPS) is 11.0. The van der Waals surface area contributed by atoms with Gasteiger partial charge in [0, 0.05) is 7.11 Å². The number of hydrogen-bond acceptors (Lipinski definition) is 5. The smallest absolute Gasteiger partial charge is 0.345 e. The van der Waals surface area contributed by atoms with Crippen molar-refractivity contribution in [3.05, 3.63) is 11.8 Å². The zero-order valence-corrected chi connectivity index (χ0v) is 9.24. The summed E-state index contributed by atoms with van der Waals surface area (Å²) >= 11 is 0. The van der Waals surface area contributed by atoms with Crippen molar-refractivity contribution in [2.24, 2.45) is 0 Å². The van der Waals surface area contributed by atoms with E-state index in [2.05, 4.69) is 4.74 Å². The standard InChI is InChI=1S/C10H16O5/c1-4-14-6-8(9(11)7-13-3)10(12)15-5-2/h6H,4-5,7H2,1-3H3/b8-6+. The highest BCUT2D eigenvalue weighted by Crippen LogP contribution is 2.01. The van der Waals surface area contributed by atoms with Gasteiger partial charge in [-0.2, -0.15) is 0 Å². The minimum atomic E-state index is -0.687. The maximum atomic E-state index is 11.4. The van der Waals surface area contributed by atoms with Gasteiger partial charge < -0.3 is 14.2 Å². The second-order valence-corrected chi connectivity index (χ2v) is 2.56. The van der Waals surface area contributed by atoms with E-state index in [-0.39, 0.29) is 18.8 Å². The Labute approximate surface area is 89.0 Å². The molecular formula is C10H16O5. The molecule has 5 heteroatoms. The number of esters is 1. The molecule has 0 saturated carbocycles. The first kappa shape index (κ1) is 13.6. The van der Waals surface area contributed by atoms with E-state index in [4.69, 9.17) is 9.47 Å². The second-order valence-electron chi connectivity index (χ2n) is 2.56. The van der Waals surface area contributed by atoms with Gasteiger partial charge in [-0.05, 0) is 13.8 Å². The molecular weight excluding hydrogens is 200 g/mol. The van der Waals surface area contributed by atoms with Crippen molar-refractivity contribution in [2.45, 2.75) is 13.8 Å². The summed E-state index contributed by atoms with van der Waals surface area (Å²) in [6, 6.07) is 0. The molecule has 0 aromatic carbocycles. The third kappa shape index (κ3) is 5.17. The Morgan fingerprint density at radius 2 is 1.87 bits per heavy atom. The number of methoxy groups -OCH3 is 1. The molecule has 0 saturated heterocycles. The van der Waals surface area contributed by atoms with Crippen LogP contribution in [0.3, 0.4) is 0 Å². The Bertz CT molecular complexity index is 224. The van der Waals surface area contributed by atoms with Crippen LogP contribution in [-0.2, 0) is 23.8 Å². The second kappa shape index (κ2) is 7.99. The number of Topliss-reactive ketones (excluding diaryl/α,β-unsaturated/α-hetero) is 1. The zero-order valence-electron chi connectivity index (χ0n) is 9.24. The van der Waals surface area contributed by atoms with Crippen molar-refractivity contribution in [2.75, 3.05) is 26.9 Å². The molecule has 0 aliphatic heterocycles. The van der Waals surface area contributed by atoms with E-state index in [1.165, 1.54) is 7.11 Å². The average Bonchev–Trinajstić information content (AvgIpc) is 2.19. The monoisotopic (exact) mass is 216 g/mol.